The lowest BCUT2D eigenvalue weighted by atomic mass is 9.99. The van der Waals surface area contributed by atoms with Crippen LogP contribution in [0.15, 0.2) is 47.4 Å². The molecule has 0 radical (unpaired) electrons. The second kappa shape index (κ2) is 10.7. The third kappa shape index (κ3) is 5.52. The number of hydrogen-bond donors (Lipinski definition) is 1. The molecule has 9 heteroatoms. The molecule has 1 aliphatic heterocycles. The van der Waals surface area contributed by atoms with E-state index in [9.17, 15) is 13.2 Å². The number of nitrogens with zero attached hydrogens (tertiary/aromatic N) is 1. The van der Waals surface area contributed by atoms with E-state index in [1.165, 1.54) is 24.6 Å². The van der Waals surface area contributed by atoms with Crippen LogP contribution >= 0.6 is 0 Å². The standard InChI is InChI=1S/C23H30N2O6S/c1-29-19-8-6-17(7-9-19)12-13-24-23(26)18-5-4-14-25(16-18)32(27,28)22-15-20(30-2)10-11-21(22)31-3/h6-11,15,18H,4-5,12-14,16H2,1-3H3,(H,24,26)/t18-/m0/s1. The van der Waals surface area contributed by atoms with Crippen LogP contribution in [-0.4, -0.2) is 59.6 Å². The van der Waals surface area contributed by atoms with E-state index in [1.807, 2.05) is 24.3 Å². The summed E-state index contributed by atoms with van der Waals surface area (Å²) in [6.45, 7) is 0.980. The van der Waals surface area contributed by atoms with Gasteiger partial charge < -0.3 is 19.5 Å². The molecule has 1 saturated heterocycles. The number of ether oxygens (including phenoxy) is 3. The number of rotatable bonds is 9. The molecule has 0 aromatic heterocycles. The first kappa shape index (κ1) is 23.9. The molecule has 1 atom stereocenters. The van der Waals surface area contributed by atoms with E-state index >= 15 is 0 Å². The van der Waals surface area contributed by atoms with Gasteiger partial charge in [0.25, 0.3) is 0 Å². The Labute approximate surface area is 189 Å². The van der Waals surface area contributed by atoms with Crippen molar-refractivity contribution >= 4 is 15.9 Å². The Hall–Kier alpha value is -2.78. The number of amides is 1. The van der Waals surface area contributed by atoms with Crippen molar-refractivity contribution in [2.24, 2.45) is 5.92 Å². The van der Waals surface area contributed by atoms with Crippen LogP contribution in [0.4, 0.5) is 0 Å². The zero-order valence-corrected chi connectivity index (χ0v) is 19.5. The molecule has 1 aliphatic rings. The van der Waals surface area contributed by atoms with Gasteiger partial charge in [-0.15, -0.1) is 0 Å². The van der Waals surface area contributed by atoms with E-state index in [0.717, 1.165) is 11.3 Å². The van der Waals surface area contributed by atoms with Gasteiger partial charge in [-0.2, -0.15) is 4.31 Å². The summed E-state index contributed by atoms with van der Waals surface area (Å²) in [5, 5.41) is 2.95. The van der Waals surface area contributed by atoms with Crippen molar-refractivity contribution in [3.8, 4) is 17.2 Å². The predicted molar refractivity (Wildman–Crippen MR) is 121 cm³/mol. The van der Waals surface area contributed by atoms with Gasteiger partial charge in [0.1, 0.15) is 22.1 Å². The summed E-state index contributed by atoms with van der Waals surface area (Å²) >= 11 is 0. The van der Waals surface area contributed by atoms with Gasteiger partial charge in [-0.05, 0) is 49.1 Å². The average Bonchev–Trinajstić information content (AvgIpc) is 2.84. The molecule has 0 saturated carbocycles. The van der Waals surface area contributed by atoms with Crippen LogP contribution < -0.4 is 19.5 Å². The maximum absolute atomic E-state index is 13.3. The van der Waals surface area contributed by atoms with Gasteiger partial charge in [-0.3, -0.25) is 4.79 Å². The van der Waals surface area contributed by atoms with Gasteiger partial charge in [-0.1, -0.05) is 12.1 Å². The Balaban J connectivity index is 1.63. The van der Waals surface area contributed by atoms with Crippen LogP contribution in [0.5, 0.6) is 17.2 Å². The first-order valence-corrected chi connectivity index (χ1v) is 12.0. The Bertz CT molecular complexity index is 1020. The van der Waals surface area contributed by atoms with Crippen molar-refractivity contribution in [1.82, 2.24) is 9.62 Å². The van der Waals surface area contributed by atoms with Crippen molar-refractivity contribution in [3.05, 3.63) is 48.0 Å². The number of benzene rings is 2. The van der Waals surface area contributed by atoms with Gasteiger partial charge in [0.05, 0.1) is 27.2 Å². The Morgan fingerprint density at radius 2 is 1.72 bits per heavy atom. The van der Waals surface area contributed by atoms with E-state index < -0.39 is 15.9 Å². The third-order valence-corrected chi connectivity index (χ3v) is 7.50. The lowest BCUT2D eigenvalue weighted by Crippen LogP contribution is -2.45. The molecule has 0 bridgehead atoms. The Kier molecular flexibility index (Phi) is 7.98. The fraction of sp³-hybridized carbons (Fsp3) is 0.435. The van der Waals surface area contributed by atoms with Crippen LogP contribution in [0.2, 0.25) is 0 Å². The number of nitrogens with one attached hydrogen (secondary N) is 1. The summed E-state index contributed by atoms with van der Waals surface area (Å²) < 4.78 is 43.6. The first-order valence-electron chi connectivity index (χ1n) is 10.5. The lowest BCUT2D eigenvalue weighted by molar-refractivity contribution is -0.126. The van der Waals surface area contributed by atoms with Crippen LogP contribution in [0.25, 0.3) is 0 Å². The number of carbonyl (C=O) groups excluding carboxylic acids is 1. The second-order valence-corrected chi connectivity index (χ2v) is 9.51. The largest absolute Gasteiger partial charge is 0.497 e. The second-order valence-electron chi connectivity index (χ2n) is 7.61. The summed E-state index contributed by atoms with van der Waals surface area (Å²) in [7, 11) is 0.685. The van der Waals surface area contributed by atoms with Crippen LogP contribution in [0.3, 0.4) is 0 Å². The fourth-order valence-corrected chi connectivity index (χ4v) is 5.46. The van der Waals surface area contributed by atoms with E-state index in [-0.39, 0.29) is 23.1 Å². The van der Waals surface area contributed by atoms with E-state index in [4.69, 9.17) is 14.2 Å². The molecule has 1 heterocycles. The van der Waals surface area contributed by atoms with Gasteiger partial charge in [-0.25, -0.2) is 8.42 Å². The van der Waals surface area contributed by atoms with Crippen LogP contribution in [0, 0.1) is 5.92 Å². The van der Waals surface area contributed by atoms with E-state index in [2.05, 4.69) is 5.32 Å². The highest BCUT2D eigenvalue weighted by atomic mass is 32.2. The summed E-state index contributed by atoms with van der Waals surface area (Å²) in [5.41, 5.74) is 1.09. The minimum atomic E-state index is -3.84. The zero-order valence-electron chi connectivity index (χ0n) is 18.7. The molecule has 1 amide bonds. The number of methoxy groups -OCH3 is 3. The Morgan fingerprint density at radius 3 is 2.38 bits per heavy atom. The molecule has 0 aliphatic carbocycles. The SMILES string of the molecule is COc1ccc(CCNC(=O)[C@H]2CCCN(S(=O)(=O)c3cc(OC)ccc3OC)C2)cc1. The molecule has 1 fully saturated rings. The molecule has 3 rings (SSSR count). The molecule has 0 spiro atoms. The van der Waals surface area contributed by atoms with Gasteiger partial charge in [0.15, 0.2) is 0 Å². The third-order valence-electron chi connectivity index (χ3n) is 5.62. The summed E-state index contributed by atoms with van der Waals surface area (Å²) in [5.74, 6) is 0.932. The van der Waals surface area contributed by atoms with Crippen molar-refractivity contribution in [2.45, 2.75) is 24.2 Å². The normalized spacial score (nSPS) is 16.9. The quantitative estimate of drug-likeness (QED) is 0.615. The molecular weight excluding hydrogens is 432 g/mol. The summed E-state index contributed by atoms with van der Waals surface area (Å²) in [6, 6.07) is 12.4. The van der Waals surface area contributed by atoms with Crippen molar-refractivity contribution in [1.29, 1.82) is 0 Å². The van der Waals surface area contributed by atoms with Crippen LogP contribution in [0.1, 0.15) is 18.4 Å². The molecular formula is C23H30N2O6S. The van der Waals surface area contributed by atoms with Gasteiger partial charge >= 0.3 is 0 Å². The molecule has 0 unspecified atom stereocenters. The molecule has 8 nitrogen and oxygen atoms in total. The van der Waals surface area contributed by atoms with Gasteiger partial charge in [0, 0.05) is 25.7 Å². The number of carbonyl (C=O) groups is 1. The maximum atomic E-state index is 13.3. The van der Waals surface area contributed by atoms with Crippen molar-refractivity contribution in [2.75, 3.05) is 41.0 Å². The smallest absolute Gasteiger partial charge is 0.246 e. The number of piperidine rings is 1. The maximum Gasteiger partial charge on any atom is 0.246 e. The topological polar surface area (TPSA) is 94.2 Å². The molecule has 174 valence electrons. The predicted octanol–water partition coefficient (Wildman–Crippen LogP) is 2.47. The monoisotopic (exact) mass is 462 g/mol. The average molecular weight is 463 g/mol. The lowest BCUT2D eigenvalue weighted by Gasteiger charge is -2.31. The molecule has 2 aromatic rings. The minimum Gasteiger partial charge on any atom is -0.497 e. The summed E-state index contributed by atoms with van der Waals surface area (Å²) in [4.78, 5) is 12.8. The van der Waals surface area contributed by atoms with Crippen LogP contribution in [-0.2, 0) is 21.2 Å². The molecule has 32 heavy (non-hydrogen) atoms. The fourth-order valence-electron chi connectivity index (χ4n) is 3.77. The van der Waals surface area contributed by atoms with Gasteiger partial charge in [0.2, 0.25) is 15.9 Å². The first-order chi connectivity index (χ1) is 15.4. The number of hydrogen-bond acceptors (Lipinski definition) is 6. The van der Waals surface area contributed by atoms with E-state index in [0.29, 0.717) is 38.1 Å². The minimum absolute atomic E-state index is 0.0416. The van der Waals surface area contributed by atoms with E-state index in [1.54, 1.807) is 19.2 Å². The Morgan fingerprint density at radius 1 is 1.03 bits per heavy atom. The number of sulfonamides is 1. The molecule has 1 N–H and O–H groups in total. The molecule has 2 aromatic carbocycles. The van der Waals surface area contributed by atoms with Crippen molar-refractivity contribution < 1.29 is 27.4 Å². The van der Waals surface area contributed by atoms with Crippen molar-refractivity contribution in [3.63, 3.8) is 0 Å². The summed E-state index contributed by atoms with van der Waals surface area (Å²) in [6.07, 6.45) is 1.95. The highest BCUT2D eigenvalue weighted by molar-refractivity contribution is 7.89. The zero-order chi connectivity index (χ0) is 23.1. The highest BCUT2D eigenvalue weighted by Crippen LogP contribution is 2.32. The highest BCUT2D eigenvalue weighted by Gasteiger charge is 2.35.